The van der Waals surface area contributed by atoms with E-state index in [0.29, 0.717) is 0 Å². The van der Waals surface area contributed by atoms with Crippen LogP contribution < -0.4 is 5.32 Å². The predicted molar refractivity (Wildman–Crippen MR) is 73.3 cm³/mol. The van der Waals surface area contributed by atoms with E-state index < -0.39 is 0 Å². The molecule has 3 heteroatoms. The van der Waals surface area contributed by atoms with Crippen LogP contribution in [0.3, 0.4) is 0 Å². The minimum atomic E-state index is -0.171. The minimum Gasteiger partial charge on any atom is -0.394 e. The van der Waals surface area contributed by atoms with Crippen LogP contribution in [0.2, 0.25) is 0 Å². The third-order valence-electron chi connectivity index (χ3n) is 3.26. The Labute approximate surface area is 109 Å². The van der Waals surface area contributed by atoms with Crippen LogP contribution in [0.15, 0.2) is 30.3 Å². The van der Waals surface area contributed by atoms with Crippen LogP contribution in [0.25, 0.3) is 0 Å². The lowest BCUT2D eigenvalue weighted by molar-refractivity contribution is -0.124. The van der Waals surface area contributed by atoms with E-state index in [-0.39, 0.29) is 30.4 Å². The standard InChI is InChI=1S/C15H23NO2/c1-4-13(12-8-6-5-7-9-12)15(18)16-14(10-17)11(2)3/h5-9,11,13-14,17H,4,10H2,1-3H3,(H,16,18). The molecule has 2 unspecified atom stereocenters. The van der Waals surface area contributed by atoms with Gasteiger partial charge in [-0.1, -0.05) is 51.1 Å². The molecule has 0 bridgehead atoms. The zero-order chi connectivity index (χ0) is 13.5. The van der Waals surface area contributed by atoms with Crippen molar-refractivity contribution in [1.29, 1.82) is 0 Å². The van der Waals surface area contributed by atoms with E-state index in [1.165, 1.54) is 0 Å². The summed E-state index contributed by atoms with van der Waals surface area (Å²) in [5.74, 6) is 0.0858. The van der Waals surface area contributed by atoms with Crippen LogP contribution in [0.4, 0.5) is 0 Å². The molecular weight excluding hydrogens is 226 g/mol. The van der Waals surface area contributed by atoms with Gasteiger partial charge in [-0.2, -0.15) is 0 Å². The molecule has 2 N–H and O–H groups in total. The summed E-state index contributed by atoms with van der Waals surface area (Å²) in [6.45, 7) is 5.96. The Balaban J connectivity index is 2.74. The topological polar surface area (TPSA) is 49.3 Å². The average Bonchev–Trinajstić information content (AvgIpc) is 2.37. The van der Waals surface area contributed by atoms with Crippen molar-refractivity contribution < 1.29 is 9.90 Å². The van der Waals surface area contributed by atoms with Gasteiger partial charge in [-0.05, 0) is 17.9 Å². The normalized spacial score (nSPS) is 14.3. The average molecular weight is 249 g/mol. The van der Waals surface area contributed by atoms with Gasteiger partial charge in [-0.25, -0.2) is 0 Å². The smallest absolute Gasteiger partial charge is 0.227 e. The van der Waals surface area contributed by atoms with Crippen molar-refractivity contribution in [2.45, 2.75) is 39.2 Å². The number of rotatable bonds is 6. The highest BCUT2D eigenvalue weighted by Gasteiger charge is 2.22. The number of hydrogen-bond donors (Lipinski definition) is 2. The maximum Gasteiger partial charge on any atom is 0.227 e. The molecule has 1 amide bonds. The lowest BCUT2D eigenvalue weighted by Gasteiger charge is -2.23. The Morgan fingerprint density at radius 3 is 2.33 bits per heavy atom. The second-order valence-electron chi connectivity index (χ2n) is 4.91. The van der Waals surface area contributed by atoms with Gasteiger partial charge in [-0.3, -0.25) is 4.79 Å². The van der Waals surface area contributed by atoms with Gasteiger partial charge < -0.3 is 10.4 Å². The highest BCUT2D eigenvalue weighted by molar-refractivity contribution is 5.83. The van der Waals surface area contributed by atoms with E-state index >= 15 is 0 Å². The molecule has 0 aliphatic carbocycles. The first-order valence-electron chi connectivity index (χ1n) is 6.56. The monoisotopic (exact) mass is 249 g/mol. The third kappa shape index (κ3) is 3.84. The highest BCUT2D eigenvalue weighted by Crippen LogP contribution is 2.19. The first-order chi connectivity index (χ1) is 8.60. The van der Waals surface area contributed by atoms with Crippen molar-refractivity contribution in [2.24, 2.45) is 5.92 Å². The van der Waals surface area contributed by atoms with Crippen molar-refractivity contribution in [3.05, 3.63) is 35.9 Å². The highest BCUT2D eigenvalue weighted by atomic mass is 16.3. The van der Waals surface area contributed by atoms with Crippen molar-refractivity contribution in [3.63, 3.8) is 0 Å². The van der Waals surface area contributed by atoms with Crippen LogP contribution in [-0.4, -0.2) is 23.7 Å². The minimum absolute atomic E-state index is 0.00329. The third-order valence-corrected chi connectivity index (χ3v) is 3.26. The fourth-order valence-electron chi connectivity index (χ4n) is 1.96. The lowest BCUT2D eigenvalue weighted by atomic mass is 9.94. The molecule has 1 aromatic rings. The summed E-state index contributed by atoms with van der Waals surface area (Å²) < 4.78 is 0. The van der Waals surface area contributed by atoms with Gasteiger partial charge in [0, 0.05) is 0 Å². The van der Waals surface area contributed by atoms with Crippen molar-refractivity contribution in [3.8, 4) is 0 Å². The van der Waals surface area contributed by atoms with Gasteiger partial charge in [0.15, 0.2) is 0 Å². The van der Waals surface area contributed by atoms with Crippen LogP contribution in [0.5, 0.6) is 0 Å². The molecule has 1 rings (SSSR count). The number of carbonyl (C=O) groups excluding carboxylic acids is 1. The van der Waals surface area contributed by atoms with E-state index in [4.69, 9.17) is 0 Å². The summed E-state index contributed by atoms with van der Waals surface area (Å²) in [5, 5.41) is 12.2. The molecule has 0 radical (unpaired) electrons. The summed E-state index contributed by atoms with van der Waals surface area (Å²) in [6, 6.07) is 9.59. The van der Waals surface area contributed by atoms with E-state index in [1.54, 1.807) is 0 Å². The number of aliphatic hydroxyl groups excluding tert-OH is 1. The largest absolute Gasteiger partial charge is 0.394 e. The Morgan fingerprint density at radius 2 is 1.89 bits per heavy atom. The molecule has 0 aliphatic rings. The first kappa shape index (κ1) is 14.7. The molecule has 0 aliphatic heterocycles. The molecule has 1 aromatic carbocycles. The molecule has 0 saturated carbocycles. The van der Waals surface area contributed by atoms with Crippen molar-refractivity contribution in [1.82, 2.24) is 5.32 Å². The second kappa shape index (κ2) is 7.17. The summed E-state index contributed by atoms with van der Waals surface area (Å²) in [6.07, 6.45) is 0.756. The molecule has 0 spiro atoms. The zero-order valence-electron chi connectivity index (χ0n) is 11.4. The number of carbonyl (C=O) groups is 1. The molecule has 0 saturated heterocycles. The Morgan fingerprint density at radius 1 is 1.28 bits per heavy atom. The van der Waals surface area contributed by atoms with E-state index in [1.807, 2.05) is 51.1 Å². The van der Waals surface area contributed by atoms with Gasteiger partial charge in [0.05, 0.1) is 18.6 Å². The molecule has 18 heavy (non-hydrogen) atoms. The summed E-state index contributed by atoms with van der Waals surface area (Å²) in [7, 11) is 0. The van der Waals surface area contributed by atoms with Crippen LogP contribution in [0, 0.1) is 5.92 Å². The van der Waals surface area contributed by atoms with Crippen molar-refractivity contribution >= 4 is 5.91 Å². The Hall–Kier alpha value is -1.35. The van der Waals surface area contributed by atoms with E-state index in [9.17, 15) is 9.90 Å². The molecule has 0 fully saturated rings. The summed E-state index contributed by atoms with van der Waals surface area (Å²) in [4.78, 5) is 12.2. The number of amides is 1. The zero-order valence-corrected chi connectivity index (χ0v) is 11.4. The van der Waals surface area contributed by atoms with Crippen LogP contribution in [0.1, 0.15) is 38.7 Å². The fourth-order valence-corrected chi connectivity index (χ4v) is 1.96. The molecule has 2 atom stereocenters. The van der Waals surface area contributed by atoms with E-state index in [0.717, 1.165) is 12.0 Å². The Bertz CT molecular complexity index is 362. The molecule has 100 valence electrons. The second-order valence-corrected chi connectivity index (χ2v) is 4.91. The fraction of sp³-hybridized carbons (Fsp3) is 0.533. The molecule has 3 nitrogen and oxygen atoms in total. The quantitative estimate of drug-likeness (QED) is 0.813. The van der Waals surface area contributed by atoms with Crippen LogP contribution in [-0.2, 0) is 4.79 Å². The maximum absolute atomic E-state index is 12.2. The number of aliphatic hydroxyl groups is 1. The molecule has 0 heterocycles. The van der Waals surface area contributed by atoms with Gasteiger partial charge in [0.1, 0.15) is 0 Å². The number of nitrogens with one attached hydrogen (secondary N) is 1. The van der Waals surface area contributed by atoms with E-state index in [2.05, 4.69) is 5.32 Å². The van der Waals surface area contributed by atoms with Gasteiger partial charge in [0.2, 0.25) is 5.91 Å². The molecular formula is C15H23NO2. The van der Waals surface area contributed by atoms with Crippen LogP contribution >= 0.6 is 0 Å². The van der Waals surface area contributed by atoms with Gasteiger partial charge >= 0.3 is 0 Å². The number of hydrogen-bond acceptors (Lipinski definition) is 2. The Kier molecular flexibility index (Phi) is 5.86. The summed E-state index contributed by atoms with van der Waals surface area (Å²) in [5.41, 5.74) is 1.03. The first-order valence-corrected chi connectivity index (χ1v) is 6.56. The predicted octanol–water partition coefficient (Wildman–Crippen LogP) is 2.31. The van der Waals surface area contributed by atoms with Gasteiger partial charge in [-0.15, -0.1) is 0 Å². The lowest BCUT2D eigenvalue weighted by Crippen LogP contribution is -2.43. The van der Waals surface area contributed by atoms with Gasteiger partial charge in [0.25, 0.3) is 0 Å². The summed E-state index contributed by atoms with van der Waals surface area (Å²) >= 11 is 0. The number of benzene rings is 1. The SMILES string of the molecule is CCC(C(=O)NC(CO)C(C)C)c1ccccc1. The molecule has 0 aromatic heterocycles. The van der Waals surface area contributed by atoms with Crippen molar-refractivity contribution in [2.75, 3.05) is 6.61 Å². The maximum atomic E-state index is 12.2.